The molecule has 0 heterocycles. The maximum Gasteiger partial charge on any atom is 0.163 e. The Hall–Kier alpha value is -1.75. The van der Waals surface area contributed by atoms with Crippen molar-refractivity contribution in [1.82, 2.24) is 5.32 Å². The average molecular weight is 364 g/mol. The standard InChI is InChI=1S/C20H26ClNO3/c1-4-24-19-11-17(13-22-8-9-23-3)18(21)12-20(19)25-14-16-7-5-6-15(2)10-16/h5-7,10-12,22H,4,8-9,13-14H2,1-3H3. The Morgan fingerprint density at radius 1 is 1.08 bits per heavy atom. The van der Waals surface area contributed by atoms with Crippen molar-refractivity contribution >= 4 is 11.6 Å². The van der Waals surface area contributed by atoms with Crippen LogP contribution in [0.25, 0.3) is 0 Å². The summed E-state index contributed by atoms with van der Waals surface area (Å²) >= 11 is 6.41. The number of hydrogen-bond donors (Lipinski definition) is 1. The fraction of sp³-hybridized carbons (Fsp3) is 0.400. The van der Waals surface area contributed by atoms with Crippen LogP contribution in [-0.2, 0) is 17.9 Å². The summed E-state index contributed by atoms with van der Waals surface area (Å²) in [6.45, 7) is 7.14. The van der Waals surface area contributed by atoms with Crippen LogP contribution < -0.4 is 14.8 Å². The van der Waals surface area contributed by atoms with Crippen LogP contribution in [0.5, 0.6) is 11.5 Å². The summed E-state index contributed by atoms with van der Waals surface area (Å²) in [5.74, 6) is 1.37. The molecule has 0 aliphatic carbocycles. The van der Waals surface area contributed by atoms with Crippen LogP contribution >= 0.6 is 11.6 Å². The van der Waals surface area contributed by atoms with Gasteiger partial charge in [0, 0.05) is 31.3 Å². The molecular formula is C20H26ClNO3. The Bertz CT molecular complexity index is 676. The molecule has 0 bridgehead atoms. The minimum atomic E-state index is 0.476. The highest BCUT2D eigenvalue weighted by Crippen LogP contribution is 2.34. The van der Waals surface area contributed by atoms with Gasteiger partial charge in [0.15, 0.2) is 11.5 Å². The normalized spacial score (nSPS) is 10.7. The zero-order valence-electron chi connectivity index (χ0n) is 15.1. The summed E-state index contributed by atoms with van der Waals surface area (Å²) in [6.07, 6.45) is 0. The summed E-state index contributed by atoms with van der Waals surface area (Å²) in [6, 6.07) is 12.0. The molecule has 5 heteroatoms. The molecule has 0 saturated carbocycles. The van der Waals surface area contributed by atoms with E-state index in [0.29, 0.717) is 42.9 Å². The van der Waals surface area contributed by atoms with Gasteiger partial charge < -0.3 is 19.5 Å². The maximum atomic E-state index is 6.41. The zero-order valence-corrected chi connectivity index (χ0v) is 15.9. The molecule has 0 atom stereocenters. The molecule has 0 fully saturated rings. The first-order chi connectivity index (χ1) is 12.1. The fourth-order valence-corrected chi connectivity index (χ4v) is 2.67. The summed E-state index contributed by atoms with van der Waals surface area (Å²) < 4.78 is 16.7. The quantitative estimate of drug-likeness (QED) is 0.636. The highest BCUT2D eigenvalue weighted by Gasteiger charge is 2.11. The van der Waals surface area contributed by atoms with E-state index < -0.39 is 0 Å². The van der Waals surface area contributed by atoms with Gasteiger partial charge in [-0.3, -0.25) is 0 Å². The lowest BCUT2D eigenvalue weighted by atomic mass is 10.1. The molecule has 0 aliphatic heterocycles. The van der Waals surface area contributed by atoms with Crippen molar-refractivity contribution in [3.63, 3.8) is 0 Å². The van der Waals surface area contributed by atoms with E-state index in [1.165, 1.54) is 5.56 Å². The van der Waals surface area contributed by atoms with Gasteiger partial charge in [-0.25, -0.2) is 0 Å². The van der Waals surface area contributed by atoms with Gasteiger partial charge in [-0.05, 0) is 31.0 Å². The lowest BCUT2D eigenvalue weighted by molar-refractivity contribution is 0.199. The van der Waals surface area contributed by atoms with E-state index in [9.17, 15) is 0 Å². The molecule has 2 aromatic carbocycles. The summed E-state index contributed by atoms with van der Waals surface area (Å²) in [5, 5.41) is 3.95. The molecule has 2 aromatic rings. The molecule has 25 heavy (non-hydrogen) atoms. The second-order valence-corrected chi connectivity index (χ2v) is 6.18. The lowest BCUT2D eigenvalue weighted by Crippen LogP contribution is -2.18. The van der Waals surface area contributed by atoms with Crippen LogP contribution in [0.15, 0.2) is 36.4 Å². The highest BCUT2D eigenvalue weighted by atomic mass is 35.5. The molecule has 0 aromatic heterocycles. The molecule has 0 aliphatic rings. The minimum absolute atomic E-state index is 0.476. The van der Waals surface area contributed by atoms with Crippen LogP contribution in [0.2, 0.25) is 5.02 Å². The first-order valence-electron chi connectivity index (χ1n) is 8.47. The van der Waals surface area contributed by atoms with Crippen molar-refractivity contribution in [1.29, 1.82) is 0 Å². The van der Waals surface area contributed by atoms with E-state index in [1.807, 2.05) is 31.2 Å². The smallest absolute Gasteiger partial charge is 0.163 e. The van der Waals surface area contributed by atoms with Crippen LogP contribution in [0.3, 0.4) is 0 Å². The lowest BCUT2D eigenvalue weighted by Gasteiger charge is -2.15. The predicted molar refractivity (Wildman–Crippen MR) is 102 cm³/mol. The largest absolute Gasteiger partial charge is 0.490 e. The van der Waals surface area contributed by atoms with Crippen LogP contribution in [0.4, 0.5) is 0 Å². The number of methoxy groups -OCH3 is 1. The molecule has 0 radical (unpaired) electrons. The predicted octanol–water partition coefficient (Wildman–Crippen LogP) is 4.36. The number of nitrogens with one attached hydrogen (secondary N) is 1. The first kappa shape index (κ1) is 19.6. The highest BCUT2D eigenvalue weighted by molar-refractivity contribution is 6.31. The summed E-state index contributed by atoms with van der Waals surface area (Å²) in [5.41, 5.74) is 3.30. The Balaban J connectivity index is 2.09. The van der Waals surface area contributed by atoms with Crippen molar-refractivity contribution in [2.45, 2.75) is 27.0 Å². The molecular weight excluding hydrogens is 338 g/mol. The minimum Gasteiger partial charge on any atom is -0.490 e. The van der Waals surface area contributed by atoms with E-state index in [4.69, 9.17) is 25.8 Å². The van der Waals surface area contributed by atoms with Crippen LogP contribution in [0.1, 0.15) is 23.6 Å². The number of rotatable bonds is 10. The van der Waals surface area contributed by atoms with Crippen LogP contribution in [-0.4, -0.2) is 26.9 Å². The topological polar surface area (TPSA) is 39.7 Å². The third-order valence-electron chi connectivity index (χ3n) is 3.69. The molecule has 0 amide bonds. The average Bonchev–Trinajstić information content (AvgIpc) is 2.60. The Kier molecular flexibility index (Phi) is 8.06. The monoisotopic (exact) mass is 363 g/mol. The van der Waals surface area contributed by atoms with Gasteiger partial charge in [-0.1, -0.05) is 41.4 Å². The molecule has 0 spiro atoms. The molecule has 0 saturated heterocycles. The second-order valence-electron chi connectivity index (χ2n) is 5.77. The number of benzene rings is 2. The van der Waals surface area contributed by atoms with E-state index in [2.05, 4.69) is 24.4 Å². The van der Waals surface area contributed by atoms with Gasteiger partial charge in [-0.15, -0.1) is 0 Å². The molecule has 1 N–H and O–H groups in total. The Labute approximate surface area is 155 Å². The van der Waals surface area contributed by atoms with Gasteiger partial charge >= 0.3 is 0 Å². The van der Waals surface area contributed by atoms with Crippen molar-refractivity contribution < 1.29 is 14.2 Å². The van der Waals surface area contributed by atoms with Gasteiger partial charge in [-0.2, -0.15) is 0 Å². The molecule has 4 nitrogen and oxygen atoms in total. The number of halogens is 1. The number of hydrogen-bond acceptors (Lipinski definition) is 4. The number of ether oxygens (including phenoxy) is 3. The van der Waals surface area contributed by atoms with Crippen LogP contribution in [0, 0.1) is 6.92 Å². The van der Waals surface area contributed by atoms with Crippen molar-refractivity contribution in [2.24, 2.45) is 0 Å². The van der Waals surface area contributed by atoms with Crippen molar-refractivity contribution in [3.05, 3.63) is 58.1 Å². The number of aryl methyl sites for hydroxylation is 1. The van der Waals surface area contributed by atoms with Crippen molar-refractivity contribution in [3.8, 4) is 11.5 Å². The summed E-state index contributed by atoms with van der Waals surface area (Å²) in [7, 11) is 1.68. The van der Waals surface area contributed by atoms with Gasteiger partial charge in [0.25, 0.3) is 0 Å². The Morgan fingerprint density at radius 2 is 1.88 bits per heavy atom. The second kappa shape index (κ2) is 10.3. The SMILES string of the molecule is CCOc1cc(CNCCOC)c(Cl)cc1OCc1cccc(C)c1. The van der Waals surface area contributed by atoms with E-state index in [-0.39, 0.29) is 0 Å². The molecule has 136 valence electrons. The van der Waals surface area contributed by atoms with Gasteiger partial charge in [0.05, 0.1) is 13.2 Å². The van der Waals surface area contributed by atoms with E-state index >= 15 is 0 Å². The van der Waals surface area contributed by atoms with Gasteiger partial charge in [0.1, 0.15) is 6.61 Å². The Morgan fingerprint density at radius 3 is 2.60 bits per heavy atom. The maximum absolute atomic E-state index is 6.41. The third kappa shape index (κ3) is 6.24. The zero-order chi connectivity index (χ0) is 18.1. The molecule has 2 rings (SSSR count). The third-order valence-corrected chi connectivity index (χ3v) is 4.04. The molecule has 0 unspecified atom stereocenters. The first-order valence-corrected chi connectivity index (χ1v) is 8.85. The fourth-order valence-electron chi connectivity index (χ4n) is 2.45. The van der Waals surface area contributed by atoms with E-state index in [1.54, 1.807) is 7.11 Å². The van der Waals surface area contributed by atoms with Crippen molar-refractivity contribution in [2.75, 3.05) is 26.9 Å². The van der Waals surface area contributed by atoms with E-state index in [0.717, 1.165) is 17.7 Å². The summed E-state index contributed by atoms with van der Waals surface area (Å²) in [4.78, 5) is 0. The van der Waals surface area contributed by atoms with Gasteiger partial charge in [0.2, 0.25) is 0 Å².